The van der Waals surface area contributed by atoms with Gasteiger partial charge in [-0.05, 0) is 13.8 Å². The summed E-state index contributed by atoms with van der Waals surface area (Å²) in [6, 6.07) is 0. The maximum Gasteiger partial charge on any atom is 0.234 e. The number of aromatic nitrogens is 3. The molecule has 0 aliphatic carbocycles. The second-order valence-corrected chi connectivity index (χ2v) is 4.47. The summed E-state index contributed by atoms with van der Waals surface area (Å²) in [4.78, 5) is 11.2. The SMILES string of the molecule is Cc1nc2nccn2c(C)c1N1CCNCC1. The fraction of sp³-hybridized carbons (Fsp3) is 0.500. The van der Waals surface area contributed by atoms with Crippen molar-refractivity contribution >= 4 is 11.5 Å². The quantitative estimate of drug-likeness (QED) is 0.787. The number of rotatable bonds is 1. The lowest BCUT2D eigenvalue weighted by Crippen LogP contribution is -2.44. The van der Waals surface area contributed by atoms with Gasteiger partial charge in [0.1, 0.15) is 0 Å². The minimum absolute atomic E-state index is 0.791. The van der Waals surface area contributed by atoms with E-state index in [9.17, 15) is 0 Å². The van der Waals surface area contributed by atoms with Gasteiger partial charge in [-0.1, -0.05) is 0 Å². The Morgan fingerprint density at radius 3 is 2.76 bits per heavy atom. The van der Waals surface area contributed by atoms with Crippen LogP contribution in [0.25, 0.3) is 5.78 Å². The van der Waals surface area contributed by atoms with Crippen molar-refractivity contribution in [3.05, 3.63) is 23.8 Å². The summed E-state index contributed by atoms with van der Waals surface area (Å²) in [6.45, 7) is 8.38. The third-order valence-corrected chi connectivity index (χ3v) is 3.37. The van der Waals surface area contributed by atoms with E-state index in [1.165, 1.54) is 11.4 Å². The smallest absolute Gasteiger partial charge is 0.234 e. The zero-order valence-electron chi connectivity index (χ0n) is 10.3. The number of anilines is 1. The van der Waals surface area contributed by atoms with Crippen LogP contribution in [-0.2, 0) is 0 Å². The van der Waals surface area contributed by atoms with E-state index in [2.05, 4.69) is 38.4 Å². The molecule has 0 radical (unpaired) electrons. The van der Waals surface area contributed by atoms with Gasteiger partial charge in [-0.2, -0.15) is 0 Å². The number of hydrogen-bond donors (Lipinski definition) is 1. The highest BCUT2D eigenvalue weighted by Gasteiger charge is 2.17. The molecule has 0 amide bonds. The van der Waals surface area contributed by atoms with Crippen molar-refractivity contribution in [2.24, 2.45) is 0 Å². The number of nitrogens with one attached hydrogen (secondary N) is 1. The molecule has 0 bridgehead atoms. The van der Waals surface area contributed by atoms with Gasteiger partial charge >= 0.3 is 0 Å². The Balaban J connectivity index is 2.13. The van der Waals surface area contributed by atoms with Gasteiger partial charge in [-0.15, -0.1) is 0 Å². The van der Waals surface area contributed by atoms with Gasteiger partial charge in [0.15, 0.2) is 0 Å². The van der Waals surface area contributed by atoms with Crippen LogP contribution in [0, 0.1) is 13.8 Å². The molecule has 3 heterocycles. The van der Waals surface area contributed by atoms with E-state index < -0.39 is 0 Å². The van der Waals surface area contributed by atoms with Crippen molar-refractivity contribution in [1.29, 1.82) is 0 Å². The second kappa shape index (κ2) is 4.00. The third kappa shape index (κ3) is 1.67. The Labute approximate surface area is 100 Å². The van der Waals surface area contributed by atoms with E-state index in [0.29, 0.717) is 0 Å². The van der Waals surface area contributed by atoms with Crippen LogP contribution in [0.1, 0.15) is 11.4 Å². The van der Waals surface area contributed by atoms with E-state index in [4.69, 9.17) is 0 Å². The van der Waals surface area contributed by atoms with Crippen LogP contribution in [0.4, 0.5) is 5.69 Å². The van der Waals surface area contributed by atoms with Gasteiger partial charge in [0.05, 0.1) is 11.4 Å². The molecule has 0 spiro atoms. The van der Waals surface area contributed by atoms with Crippen LogP contribution in [-0.4, -0.2) is 40.5 Å². The number of hydrogen-bond acceptors (Lipinski definition) is 4. The van der Waals surface area contributed by atoms with Gasteiger partial charge in [0, 0.05) is 44.3 Å². The molecule has 0 atom stereocenters. The lowest BCUT2D eigenvalue weighted by molar-refractivity contribution is 0.585. The summed E-state index contributed by atoms with van der Waals surface area (Å²) in [5.41, 5.74) is 3.56. The first-order chi connectivity index (χ1) is 8.27. The Morgan fingerprint density at radius 1 is 1.24 bits per heavy atom. The lowest BCUT2D eigenvalue weighted by atomic mass is 10.2. The van der Waals surface area contributed by atoms with Crippen LogP contribution in [0.5, 0.6) is 0 Å². The van der Waals surface area contributed by atoms with Gasteiger partial charge in [-0.3, -0.25) is 4.40 Å². The maximum absolute atomic E-state index is 4.56. The summed E-state index contributed by atoms with van der Waals surface area (Å²) >= 11 is 0. The van der Waals surface area contributed by atoms with Crippen molar-refractivity contribution < 1.29 is 0 Å². The van der Waals surface area contributed by atoms with Crippen LogP contribution in [0.2, 0.25) is 0 Å². The summed E-state index contributed by atoms with van der Waals surface area (Å²) in [5, 5.41) is 3.37. The van der Waals surface area contributed by atoms with Crippen LogP contribution in [0.15, 0.2) is 12.4 Å². The molecule has 0 saturated carbocycles. The predicted molar refractivity (Wildman–Crippen MR) is 67.5 cm³/mol. The second-order valence-electron chi connectivity index (χ2n) is 4.47. The molecule has 2 aromatic heterocycles. The molecule has 17 heavy (non-hydrogen) atoms. The molecule has 90 valence electrons. The summed E-state index contributed by atoms with van der Waals surface area (Å²) in [6.07, 6.45) is 3.78. The molecule has 1 aliphatic heterocycles. The molecule has 3 rings (SSSR count). The molecule has 5 nitrogen and oxygen atoms in total. The molecule has 0 unspecified atom stereocenters. The molecule has 1 N–H and O–H groups in total. The van der Waals surface area contributed by atoms with Crippen molar-refractivity contribution in [1.82, 2.24) is 19.7 Å². The number of aryl methyl sites for hydroxylation is 2. The number of imidazole rings is 1. The van der Waals surface area contributed by atoms with Crippen molar-refractivity contribution in [2.45, 2.75) is 13.8 Å². The Morgan fingerprint density at radius 2 is 2.00 bits per heavy atom. The number of nitrogens with zero attached hydrogens (tertiary/aromatic N) is 4. The molecule has 1 fully saturated rings. The highest BCUT2D eigenvalue weighted by atomic mass is 15.2. The van der Waals surface area contributed by atoms with Gasteiger partial charge < -0.3 is 10.2 Å². The van der Waals surface area contributed by atoms with Gasteiger partial charge in [-0.25, -0.2) is 9.97 Å². The summed E-state index contributed by atoms with van der Waals surface area (Å²) in [5.74, 6) is 0.791. The van der Waals surface area contributed by atoms with Gasteiger partial charge in [0.2, 0.25) is 5.78 Å². The largest absolute Gasteiger partial charge is 0.366 e. The molecular formula is C12H17N5. The Kier molecular flexibility index (Phi) is 2.48. The molecule has 2 aromatic rings. The predicted octanol–water partition coefficient (Wildman–Crippen LogP) is 0.756. The highest BCUT2D eigenvalue weighted by molar-refractivity contribution is 5.58. The number of piperazine rings is 1. The fourth-order valence-electron chi connectivity index (χ4n) is 2.57. The highest BCUT2D eigenvalue weighted by Crippen LogP contribution is 2.24. The average Bonchev–Trinajstić information content (AvgIpc) is 2.78. The Hall–Kier alpha value is -1.62. The normalized spacial score (nSPS) is 16.7. The Bertz CT molecular complexity index is 539. The van der Waals surface area contributed by atoms with Crippen molar-refractivity contribution in [3.8, 4) is 0 Å². The summed E-state index contributed by atoms with van der Waals surface area (Å²) < 4.78 is 2.06. The molecular weight excluding hydrogens is 214 g/mol. The van der Waals surface area contributed by atoms with E-state index >= 15 is 0 Å². The van der Waals surface area contributed by atoms with E-state index in [-0.39, 0.29) is 0 Å². The third-order valence-electron chi connectivity index (χ3n) is 3.37. The van der Waals surface area contributed by atoms with E-state index in [1.807, 2.05) is 6.20 Å². The molecule has 1 saturated heterocycles. The molecule has 5 heteroatoms. The summed E-state index contributed by atoms with van der Waals surface area (Å²) in [7, 11) is 0. The molecule has 1 aliphatic rings. The standard InChI is InChI=1S/C12H17N5/c1-9-11(16-6-3-13-4-7-16)10(2)17-8-5-14-12(17)15-9/h5,8,13H,3-4,6-7H2,1-2H3. The topological polar surface area (TPSA) is 45.5 Å². The van der Waals surface area contributed by atoms with E-state index in [0.717, 1.165) is 37.7 Å². The first kappa shape index (κ1) is 10.5. The van der Waals surface area contributed by atoms with Gasteiger partial charge in [0.25, 0.3) is 0 Å². The lowest BCUT2D eigenvalue weighted by Gasteiger charge is -2.31. The fourth-order valence-corrected chi connectivity index (χ4v) is 2.57. The maximum atomic E-state index is 4.56. The van der Waals surface area contributed by atoms with Crippen molar-refractivity contribution in [3.63, 3.8) is 0 Å². The van der Waals surface area contributed by atoms with Crippen molar-refractivity contribution in [2.75, 3.05) is 31.1 Å². The monoisotopic (exact) mass is 231 g/mol. The van der Waals surface area contributed by atoms with E-state index in [1.54, 1.807) is 6.20 Å². The number of fused-ring (bicyclic) bond motifs is 1. The minimum Gasteiger partial charge on any atom is -0.366 e. The average molecular weight is 231 g/mol. The minimum atomic E-state index is 0.791. The first-order valence-corrected chi connectivity index (χ1v) is 6.03. The molecule has 0 aromatic carbocycles. The van der Waals surface area contributed by atoms with Crippen LogP contribution < -0.4 is 10.2 Å². The van der Waals surface area contributed by atoms with Crippen LogP contribution in [0.3, 0.4) is 0 Å². The van der Waals surface area contributed by atoms with Crippen LogP contribution >= 0.6 is 0 Å². The first-order valence-electron chi connectivity index (χ1n) is 6.03. The zero-order valence-corrected chi connectivity index (χ0v) is 10.3. The zero-order chi connectivity index (χ0) is 11.8.